The number of carbonyl (C=O) groups is 1. The van der Waals surface area contributed by atoms with E-state index in [1.165, 1.54) is 0 Å². The topological polar surface area (TPSA) is 88.2 Å². The van der Waals surface area contributed by atoms with E-state index in [9.17, 15) is 4.79 Å². The molecule has 7 nitrogen and oxygen atoms in total. The molecule has 1 saturated heterocycles. The summed E-state index contributed by atoms with van der Waals surface area (Å²) in [6, 6.07) is 9.68. The lowest BCUT2D eigenvalue weighted by molar-refractivity contribution is 0.0595. The SMILES string of the molecule is CCc1ncnc(-c2ccc(C(=O)N3CCN(C(C)C)CC3)c(Cl)c2)c1-c1ccc(N)nc1. The number of anilines is 1. The summed E-state index contributed by atoms with van der Waals surface area (Å²) >= 11 is 6.64. The van der Waals surface area contributed by atoms with Gasteiger partial charge in [0.25, 0.3) is 5.91 Å². The number of benzene rings is 1. The Labute approximate surface area is 199 Å². The maximum Gasteiger partial charge on any atom is 0.255 e. The molecule has 0 saturated carbocycles. The van der Waals surface area contributed by atoms with E-state index in [4.69, 9.17) is 17.3 Å². The monoisotopic (exact) mass is 464 g/mol. The number of nitrogen functional groups attached to an aromatic ring is 1. The van der Waals surface area contributed by atoms with Gasteiger partial charge in [0.15, 0.2) is 0 Å². The first-order valence-electron chi connectivity index (χ1n) is 11.3. The Bertz CT molecular complexity index is 1140. The molecule has 8 heteroatoms. The number of nitrogens with two attached hydrogens (primary N) is 1. The first-order chi connectivity index (χ1) is 15.9. The summed E-state index contributed by atoms with van der Waals surface area (Å²) in [5, 5.41) is 0.418. The zero-order valence-electron chi connectivity index (χ0n) is 19.3. The number of carbonyl (C=O) groups excluding carboxylic acids is 1. The summed E-state index contributed by atoms with van der Waals surface area (Å²) in [6.07, 6.45) is 4.03. The third-order valence-corrected chi connectivity index (χ3v) is 6.45. The molecule has 0 bridgehead atoms. The zero-order chi connectivity index (χ0) is 23.5. The summed E-state index contributed by atoms with van der Waals surface area (Å²) in [6.45, 7) is 9.56. The number of halogens is 1. The van der Waals surface area contributed by atoms with E-state index in [0.29, 0.717) is 35.5 Å². The Balaban J connectivity index is 1.65. The minimum Gasteiger partial charge on any atom is -0.384 e. The minimum atomic E-state index is -0.0325. The maximum absolute atomic E-state index is 13.1. The highest BCUT2D eigenvalue weighted by atomic mass is 35.5. The van der Waals surface area contributed by atoms with Crippen molar-refractivity contribution in [3.05, 3.63) is 59.1 Å². The van der Waals surface area contributed by atoms with E-state index >= 15 is 0 Å². The van der Waals surface area contributed by atoms with E-state index in [1.54, 1.807) is 24.7 Å². The van der Waals surface area contributed by atoms with Crippen molar-refractivity contribution in [2.24, 2.45) is 0 Å². The van der Waals surface area contributed by atoms with Gasteiger partial charge in [0.2, 0.25) is 0 Å². The highest BCUT2D eigenvalue weighted by Crippen LogP contribution is 2.34. The number of rotatable bonds is 5. The van der Waals surface area contributed by atoms with Crippen LogP contribution in [-0.2, 0) is 6.42 Å². The lowest BCUT2D eigenvalue weighted by atomic mass is 9.97. The van der Waals surface area contributed by atoms with Gasteiger partial charge in [-0.2, -0.15) is 0 Å². The second-order valence-corrected chi connectivity index (χ2v) is 8.89. The molecule has 2 aromatic heterocycles. The third kappa shape index (κ3) is 4.84. The molecule has 0 atom stereocenters. The van der Waals surface area contributed by atoms with Gasteiger partial charge in [-0.05, 0) is 44.5 Å². The fourth-order valence-corrected chi connectivity index (χ4v) is 4.47. The highest BCUT2D eigenvalue weighted by Gasteiger charge is 2.25. The number of aromatic nitrogens is 3. The van der Waals surface area contributed by atoms with Gasteiger partial charge in [0.05, 0.1) is 22.0 Å². The number of nitrogens with zero attached hydrogens (tertiary/aromatic N) is 5. The molecule has 172 valence electrons. The molecule has 3 heterocycles. The summed E-state index contributed by atoms with van der Waals surface area (Å²) in [4.78, 5) is 30.7. The van der Waals surface area contributed by atoms with Gasteiger partial charge in [-0.25, -0.2) is 15.0 Å². The lowest BCUT2D eigenvalue weighted by Gasteiger charge is -2.37. The lowest BCUT2D eigenvalue weighted by Crippen LogP contribution is -2.50. The van der Waals surface area contributed by atoms with Crippen LogP contribution in [0.1, 0.15) is 36.8 Å². The predicted molar refractivity (Wildman–Crippen MR) is 132 cm³/mol. The van der Waals surface area contributed by atoms with Gasteiger partial charge >= 0.3 is 0 Å². The van der Waals surface area contributed by atoms with Gasteiger partial charge in [-0.15, -0.1) is 0 Å². The van der Waals surface area contributed by atoms with Gasteiger partial charge in [-0.1, -0.05) is 24.6 Å². The van der Waals surface area contributed by atoms with Crippen molar-refractivity contribution >= 4 is 23.3 Å². The molecule has 1 fully saturated rings. The van der Waals surface area contributed by atoms with Crippen LogP contribution in [-0.4, -0.2) is 62.9 Å². The van der Waals surface area contributed by atoms with Crippen LogP contribution in [0.4, 0.5) is 5.82 Å². The molecule has 4 rings (SSSR count). The molecule has 0 aliphatic carbocycles. The van der Waals surface area contributed by atoms with E-state index in [0.717, 1.165) is 47.6 Å². The normalized spacial score (nSPS) is 14.6. The minimum absolute atomic E-state index is 0.0325. The van der Waals surface area contributed by atoms with Crippen LogP contribution in [0.2, 0.25) is 5.02 Å². The smallest absolute Gasteiger partial charge is 0.255 e. The first-order valence-corrected chi connectivity index (χ1v) is 11.7. The molecule has 1 aliphatic heterocycles. The van der Waals surface area contributed by atoms with Crippen LogP contribution >= 0.6 is 11.6 Å². The maximum atomic E-state index is 13.1. The number of hydrogen-bond donors (Lipinski definition) is 1. The first kappa shape index (κ1) is 23.1. The molecule has 2 N–H and O–H groups in total. The van der Waals surface area contributed by atoms with Crippen molar-refractivity contribution in [1.29, 1.82) is 0 Å². The van der Waals surface area contributed by atoms with Crippen LogP contribution in [0.5, 0.6) is 0 Å². The summed E-state index contributed by atoms with van der Waals surface area (Å²) in [5.41, 5.74) is 10.6. The summed E-state index contributed by atoms with van der Waals surface area (Å²) in [5.74, 6) is 0.421. The van der Waals surface area contributed by atoms with Crippen molar-refractivity contribution in [2.45, 2.75) is 33.2 Å². The second-order valence-electron chi connectivity index (χ2n) is 8.49. The fraction of sp³-hybridized carbons (Fsp3) is 0.360. The van der Waals surface area contributed by atoms with Crippen LogP contribution in [0, 0.1) is 0 Å². The quantitative estimate of drug-likeness (QED) is 0.609. The van der Waals surface area contributed by atoms with Crippen LogP contribution < -0.4 is 5.73 Å². The molecular formula is C25H29ClN6O. The van der Waals surface area contributed by atoms with Crippen LogP contribution in [0.15, 0.2) is 42.9 Å². The third-order valence-electron chi connectivity index (χ3n) is 6.14. The van der Waals surface area contributed by atoms with Crippen molar-refractivity contribution in [1.82, 2.24) is 24.8 Å². The summed E-state index contributed by atoms with van der Waals surface area (Å²) < 4.78 is 0. The van der Waals surface area contributed by atoms with E-state index in [1.807, 2.05) is 30.0 Å². The average Bonchev–Trinajstić information content (AvgIpc) is 2.83. The van der Waals surface area contributed by atoms with Gasteiger partial charge in [0, 0.05) is 55.1 Å². The summed E-state index contributed by atoms with van der Waals surface area (Å²) in [7, 11) is 0. The molecule has 1 aromatic carbocycles. The molecule has 3 aromatic rings. The standard InChI is InChI=1S/C25H29ClN6O/c1-4-21-23(18-6-8-22(27)28-14-18)24(30-15-29-21)17-5-7-19(20(26)13-17)25(33)32-11-9-31(10-12-32)16(2)3/h5-8,13-16H,4,9-12H2,1-3H3,(H2,27,28). The number of aryl methyl sites for hydroxylation is 1. The van der Waals surface area contributed by atoms with Crippen LogP contribution in [0.25, 0.3) is 22.4 Å². The van der Waals surface area contributed by atoms with Crippen molar-refractivity contribution in [3.63, 3.8) is 0 Å². The zero-order valence-corrected chi connectivity index (χ0v) is 20.0. The number of piperazine rings is 1. The number of hydrogen-bond acceptors (Lipinski definition) is 6. The Morgan fingerprint density at radius 2 is 1.79 bits per heavy atom. The average molecular weight is 465 g/mol. The molecule has 1 amide bonds. The molecule has 0 spiro atoms. The predicted octanol–water partition coefficient (Wildman–Crippen LogP) is 4.17. The van der Waals surface area contributed by atoms with Crippen molar-refractivity contribution in [2.75, 3.05) is 31.9 Å². The number of amides is 1. The Kier molecular flexibility index (Phi) is 6.91. The van der Waals surface area contributed by atoms with Gasteiger partial charge in [0.1, 0.15) is 12.1 Å². The van der Waals surface area contributed by atoms with E-state index in [-0.39, 0.29) is 5.91 Å². The Hall–Kier alpha value is -3.03. The van der Waals surface area contributed by atoms with Crippen LogP contribution in [0.3, 0.4) is 0 Å². The fourth-order valence-electron chi connectivity index (χ4n) is 4.21. The molecule has 33 heavy (non-hydrogen) atoms. The van der Waals surface area contributed by atoms with Crippen molar-refractivity contribution in [3.8, 4) is 22.4 Å². The van der Waals surface area contributed by atoms with Gasteiger partial charge in [-0.3, -0.25) is 9.69 Å². The Morgan fingerprint density at radius 1 is 1.06 bits per heavy atom. The molecule has 1 aliphatic rings. The van der Waals surface area contributed by atoms with E-state index < -0.39 is 0 Å². The molecule has 0 radical (unpaired) electrons. The molecule has 0 unspecified atom stereocenters. The van der Waals surface area contributed by atoms with E-state index in [2.05, 4.69) is 33.7 Å². The highest BCUT2D eigenvalue weighted by molar-refractivity contribution is 6.34. The van der Waals surface area contributed by atoms with Crippen molar-refractivity contribution < 1.29 is 4.79 Å². The number of pyridine rings is 1. The van der Waals surface area contributed by atoms with Gasteiger partial charge < -0.3 is 10.6 Å². The molecular weight excluding hydrogens is 436 g/mol. The largest absolute Gasteiger partial charge is 0.384 e. The Morgan fingerprint density at radius 3 is 2.39 bits per heavy atom. The second kappa shape index (κ2) is 9.85.